The summed E-state index contributed by atoms with van der Waals surface area (Å²) >= 11 is 0. The number of carbonyl (C=O) groups excluding carboxylic acids is 1. The molecule has 5 rings (SSSR count). The average Bonchev–Trinajstić information content (AvgIpc) is 3.54. The maximum atomic E-state index is 12.7. The third kappa shape index (κ3) is 5.54. The van der Waals surface area contributed by atoms with Crippen LogP contribution in [0.5, 0.6) is 11.5 Å². The van der Waals surface area contributed by atoms with Gasteiger partial charge in [0.05, 0.1) is 11.4 Å². The number of aryl methyl sites for hydroxylation is 2. The lowest BCUT2D eigenvalue weighted by Crippen LogP contribution is -2.33. The van der Waals surface area contributed by atoms with Gasteiger partial charge in [0.1, 0.15) is 0 Å². The number of hydrogen-bond acceptors (Lipinski definition) is 4. The number of benzene rings is 3. The van der Waals surface area contributed by atoms with Crippen LogP contribution in [0.15, 0.2) is 85.1 Å². The van der Waals surface area contributed by atoms with E-state index in [1.807, 2.05) is 77.6 Å². The van der Waals surface area contributed by atoms with E-state index in [2.05, 4.69) is 24.4 Å². The zero-order valence-electron chi connectivity index (χ0n) is 19.8. The molecule has 178 valence electrons. The predicted molar refractivity (Wildman–Crippen MR) is 136 cm³/mol. The standard InChI is InChI=1S/C29H29N3O3/c1-21(12-13-22-8-4-2-5-9-22)30-28(33)17-15-24-19-32(25-10-6-3-7-11-25)31-29(24)23-14-16-26-27(18-23)35-20-34-26/h2-11,14,16,18-19,21H,12-13,15,17,20H2,1H3,(H,30,33)/t21-/m0/s1. The van der Waals surface area contributed by atoms with Crippen LogP contribution in [0.1, 0.15) is 30.9 Å². The second-order valence-electron chi connectivity index (χ2n) is 8.84. The minimum Gasteiger partial charge on any atom is -0.454 e. The van der Waals surface area contributed by atoms with Crippen molar-refractivity contribution in [1.82, 2.24) is 15.1 Å². The molecule has 6 heteroatoms. The first-order valence-electron chi connectivity index (χ1n) is 12.0. The van der Waals surface area contributed by atoms with Crippen LogP contribution < -0.4 is 14.8 Å². The van der Waals surface area contributed by atoms with Crippen LogP contribution in [0.25, 0.3) is 16.9 Å². The molecule has 1 N–H and O–H groups in total. The molecule has 0 aliphatic carbocycles. The maximum Gasteiger partial charge on any atom is 0.231 e. The number of amides is 1. The molecule has 0 radical (unpaired) electrons. The number of carbonyl (C=O) groups is 1. The smallest absolute Gasteiger partial charge is 0.231 e. The Bertz CT molecular complexity index is 1290. The number of fused-ring (bicyclic) bond motifs is 1. The van der Waals surface area contributed by atoms with Crippen molar-refractivity contribution in [3.05, 3.63) is 96.2 Å². The van der Waals surface area contributed by atoms with Gasteiger partial charge in [-0.1, -0.05) is 48.5 Å². The SMILES string of the molecule is C[C@@H](CCc1ccccc1)NC(=O)CCc1cn(-c2ccccc2)nc1-c1ccc2c(c1)OCO2. The lowest BCUT2D eigenvalue weighted by molar-refractivity contribution is -0.121. The predicted octanol–water partition coefficient (Wildman–Crippen LogP) is 5.34. The Hall–Kier alpha value is -4.06. The monoisotopic (exact) mass is 467 g/mol. The molecule has 35 heavy (non-hydrogen) atoms. The minimum atomic E-state index is 0.0506. The lowest BCUT2D eigenvalue weighted by Gasteiger charge is -2.14. The van der Waals surface area contributed by atoms with Crippen LogP contribution in [0, 0.1) is 0 Å². The van der Waals surface area contributed by atoms with Crippen molar-refractivity contribution in [1.29, 1.82) is 0 Å². The van der Waals surface area contributed by atoms with Gasteiger partial charge in [0.25, 0.3) is 0 Å². The van der Waals surface area contributed by atoms with Gasteiger partial charge in [0.2, 0.25) is 12.7 Å². The molecule has 4 aromatic rings. The van der Waals surface area contributed by atoms with Crippen molar-refractivity contribution in [3.63, 3.8) is 0 Å². The fourth-order valence-electron chi connectivity index (χ4n) is 4.29. The highest BCUT2D eigenvalue weighted by molar-refractivity contribution is 5.77. The summed E-state index contributed by atoms with van der Waals surface area (Å²) in [4.78, 5) is 12.7. The van der Waals surface area contributed by atoms with Crippen molar-refractivity contribution in [2.45, 2.75) is 38.6 Å². The third-order valence-corrected chi connectivity index (χ3v) is 6.19. The molecule has 1 aliphatic heterocycles. The van der Waals surface area contributed by atoms with Gasteiger partial charge in [-0.25, -0.2) is 4.68 Å². The van der Waals surface area contributed by atoms with E-state index in [0.717, 1.165) is 41.1 Å². The topological polar surface area (TPSA) is 65.4 Å². The number of aromatic nitrogens is 2. The van der Waals surface area contributed by atoms with Crippen LogP contribution in [0.3, 0.4) is 0 Å². The van der Waals surface area contributed by atoms with E-state index in [1.165, 1.54) is 5.56 Å². The van der Waals surface area contributed by atoms with E-state index < -0.39 is 0 Å². The van der Waals surface area contributed by atoms with E-state index in [1.54, 1.807) is 0 Å². The minimum absolute atomic E-state index is 0.0506. The van der Waals surface area contributed by atoms with E-state index in [0.29, 0.717) is 18.6 Å². The molecule has 0 fully saturated rings. The molecular formula is C29H29N3O3. The Labute approximate surface area is 205 Å². The molecule has 0 saturated carbocycles. The summed E-state index contributed by atoms with van der Waals surface area (Å²) in [5, 5.41) is 8.02. The zero-order chi connectivity index (χ0) is 24.0. The van der Waals surface area contributed by atoms with Gasteiger partial charge in [0, 0.05) is 24.2 Å². The molecule has 1 atom stereocenters. The largest absolute Gasteiger partial charge is 0.454 e. The summed E-state index contributed by atoms with van der Waals surface area (Å²) in [7, 11) is 0. The number of hydrogen-bond donors (Lipinski definition) is 1. The van der Waals surface area contributed by atoms with Crippen molar-refractivity contribution in [2.75, 3.05) is 6.79 Å². The van der Waals surface area contributed by atoms with Gasteiger partial charge in [-0.3, -0.25) is 4.79 Å². The highest BCUT2D eigenvalue weighted by atomic mass is 16.7. The highest BCUT2D eigenvalue weighted by Gasteiger charge is 2.19. The highest BCUT2D eigenvalue weighted by Crippen LogP contribution is 2.36. The number of nitrogens with one attached hydrogen (secondary N) is 1. The van der Waals surface area contributed by atoms with Crippen molar-refractivity contribution < 1.29 is 14.3 Å². The molecule has 1 aromatic heterocycles. The van der Waals surface area contributed by atoms with Crippen molar-refractivity contribution in [3.8, 4) is 28.4 Å². The number of para-hydroxylation sites is 1. The summed E-state index contributed by atoms with van der Waals surface area (Å²) in [6, 6.07) is 26.3. The van der Waals surface area contributed by atoms with Gasteiger partial charge in [-0.15, -0.1) is 0 Å². The quantitative estimate of drug-likeness (QED) is 0.361. The Kier molecular flexibility index (Phi) is 6.80. The molecule has 0 unspecified atom stereocenters. The van der Waals surface area contributed by atoms with E-state index >= 15 is 0 Å². The number of rotatable bonds is 9. The van der Waals surface area contributed by atoms with E-state index in [9.17, 15) is 4.79 Å². The molecule has 0 bridgehead atoms. The van der Waals surface area contributed by atoms with E-state index in [-0.39, 0.29) is 18.7 Å². The summed E-state index contributed by atoms with van der Waals surface area (Å²) in [6.07, 6.45) is 4.85. The van der Waals surface area contributed by atoms with Gasteiger partial charge in [-0.05, 0) is 67.6 Å². The third-order valence-electron chi connectivity index (χ3n) is 6.19. The van der Waals surface area contributed by atoms with Crippen molar-refractivity contribution in [2.24, 2.45) is 0 Å². The molecule has 1 amide bonds. The van der Waals surface area contributed by atoms with Crippen LogP contribution in [-0.4, -0.2) is 28.5 Å². The Morgan fingerprint density at radius 2 is 1.71 bits per heavy atom. The van der Waals surface area contributed by atoms with Crippen LogP contribution in [-0.2, 0) is 17.6 Å². The first-order chi connectivity index (χ1) is 17.2. The fraction of sp³-hybridized carbons (Fsp3) is 0.241. The maximum absolute atomic E-state index is 12.7. The van der Waals surface area contributed by atoms with Crippen molar-refractivity contribution >= 4 is 5.91 Å². The van der Waals surface area contributed by atoms with Gasteiger partial charge in [-0.2, -0.15) is 5.10 Å². The normalized spacial score (nSPS) is 12.9. The summed E-state index contributed by atoms with van der Waals surface area (Å²) < 4.78 is 12.9. The Balaban J connectivity index is 1.28. The molecular weight excluding hydrogens is 438 g/mol. The van der Waals surface area contributed by atoms with Crippen LogP contribution in [0.2, 0.25) is 0 Å². The lowest BCUT2D eigenvalue weighted by atomic mass is 10.0. The summed E-state index contributed by atoms with van der Waals surface area (Å²) in [5.41, 5.74) is 5.06. The first kappa shape index (κ1) is 22.7. The Morgan fingerprint density at radius 3 is 2.51 bits per heavy atom. The van der Waals surface area contributed by atoms with E-state index in [4.69, 9.17) is 14.6 Å². The van der Waals surface area contributed by atoms with Crippen LogP contribution >= 0.6 is 0 Å². The zero-order valence-corrected chi connectivity index (χ0v) is 19.8. The van der Waals surface area contributed by atoms with Gasteiger partial charge >= 0.3 is 0 Å². The summed E-state index contributed by atoms with van der Waals surface area (Å²) in [6.45, 7) is 2.29. The Morgan fingerprint density at radius 1 is 0.971 bits per heavy atom. The summed E-state index contributed by atoms with van der Waals surface area (Å²) in [5.74, 6) is 1.50. The molecule has 0 spiro atoms. The van der Waals surface area contributed by atoms with Gasteiger partial charge in [0.15, 0.2) is 11.5 Å². The molecule has 1 aliphatic rings. The molecule has 2 heterocycles. The van der Waals surface area contributed by atoms with Crippen LogP contribution in [0.4, 0.5) is 0 Å². The second-order valence-corrected chi connectivity index (χ2v) is 8.84. The number of ether oxygens (including phenoxy) is 2. The molecule has 0 saturated heterocycles. The molecule has 6 nitrogen and oxygen atoms in total. The van der Waals surface area contributed by atoms with Gasteiger partial charge < -0.3 is 14.8 Å². The number of nitrogens with zero attached hydrogens (tertiary/aromatic N) is 2. The first-order valence-corrected chi connectivity index (χ1v) is 12.0. The molecule has 3 aromatic carbocycles. The second kappa shape index (κ2) is 10.5. The fourth-order valence-corrected chi connectivity index (χ4v) is 4.29. The average molecular weight is 468 g/mol.